The van der Waals surface area contributed by atoms with Gasteiger partial charge in [-0.25, -0.2) is 0 Å². The van der Waals surface area contributed by atoms with Crippen molar-refractivity contribution in [2.24, 2.45) is 5.92 Å². The molecule has 0 saturated heterocycles. The van der Waals surface area contributed by atoms with Crippen LogP contribution in [-0.4, -0.2) is 18.2 Å². The Kier molecular flexibility index (Phi) is 3.68. The summed E-state index contributed by atoms with van der Waals surface area (Å²) in [5, 5.41) is 0. The Labute approximate surface area is 77.8 Å². The van der Waals surface area contributed by atoms with E-state index in [0.29, 0.717) is 19.3 Å². The molecule has 0 N–H and O–H groups in total. The summed E-state index contributed by atoms with van der Waals surface area (Å²) in [5.74, 6) is 0.184. The lowest BCUT2D eigenvalue weighted by atomic mass is 9.96. The van der Waals surface area contributed by atoms with E-state index in [0.717, 1.165) is 0 Å². The van der Waals surface area contributed by atoms with Crippen LogP contribution in [0.3, 0.4) is 0 Å². The quantitative estimate of drug-likeness (QED) is 0.661. The lowest BCUT2D eigenvalue weighted by Gasteiger charge is -2.14. The second-order valence-corrected chi connectivity index (χ2v) is 3.14. The Bertz CT molecular complexity index is 230. The van der Waals surface area contributed by atoms with Crippen molar-refractivity contribution in [3.05, 3.63) is 12.3 Å². The molecule has 1 aliphatic heterocycles. The lowest BCUT2D eigenvalue weighted by molar-refractivity contribution is -0.126. The van der Waals surface area contributed by atoms with Crippen LogP contribution in [0.2, 0.25) is 0 Å². The lowest BCUT2D eigenvalue weighted by Crippen LogP contribution is -2.21. The van der Waals surface area contributed by atoms with Crippen LogP contribution in [0.25, 0.3) is 0 Å². The first-order valence-corrected chi connectivity index (χ1v) is 4.56. The van der Waals surface area contributed by atoms with Crippen molar-refractivity contribution in [3.8, 4) is 0 Å². The van der Waals surface area contributed by atoms with E-state index in [4.69, 9.17) is 4.74 Å². The minimum absolute atomic E-state index is 0.0754. The van der Waals surface area contributed by atoms with Crippen LogP contribution in [0.4, 0.5) is 0 Å². The highest BCUT2D eigenvalue weighted by Crippen LogP contribution is 2.14. The maximum absolute atomic E-state index is 11.2. The zero-order chi connectivity index (χ0) is 9.68. The van der Waals surface area contributed by atoms with E-state index in [-0.39, 0.29) is 24.1 Å². The largest absolute Gasteiger partial charge is 0.494 e. The van der Waals surface area contributed by atoms with E-state index >= 15 is 0 Å². The molecule has 0 radical (unpaired) electrons. The predicted octanol–water partition coefficient (Wildman–Crippen LogP) is 1.47. The molecule has 3 nitrogen and oxygen atoms in total. The van der Waals surface area contributed by atoms with Crippen molar-refractivity contribution in [2.45, 2.75) is 26.2 Å². The molecule has 0 bridgehead atoms. The second-order valence-electron chi connectivity index (χ2n) is 3.14. The maximum atomic E-state index is 11.2. The van der Waals surface area contributed by atoms with Gasteiger partial charge < -0.3 is 4.74 Å². The summed E-state index contributed by atoms with van der Waals surface area (Å²) in [5.41, 5.74) is 0. The van der Waals surface area contributed by atoms with Crippen molar-refractivity contribution in [3.63, 3.8) is 0 Å². The van der Waals surface area contributed by atoms with Gasteiger partial charge in [-0.2, -0.15) is 0 Å². The third-order valence-electron chi connectivity index (χ3n) is 2.17. The predicted molar refractivity (Wildman–Crippen MR) is 48.1 cm³/mol. The summed E-state index contributed by atoms with van der Waals surface area (Å²) in [6.07, 6.45) is 4.96. The topological polar surface area (TPSA) is 43.4 Å². The van der Waals surface area contributed by atoms with Gasteiger partial charge in [0.1, 0.15) is 12.4 Å². The smallest absolute Gasteiger partial charge is 0.177 e. The van der Waals surface area contributed by atoms with Gasteiger partial charge in [-0.3, -0.25) is 9.59 Å². The van der Waals surface area contributed by atoms with E-state index in [2.05, 4.69) is 0 Å². The number of carbonyl (C=O) groups is 2. The molecule has 72 valence electrons. The first kappa shape index (κ1) is 9.96. The summed E-state index contributed by atoms with van der Waals surface area (Å²) < 4.78 is 4.83. The molecule has 0 fully saturated rings. The normalized spacial score (nSPS) is 21.3. The molecule has 0 aromatic carbocycles. The molecule has 1 aliphatic rings. The number of ether oxygens (including phenoxy) is 1. The van der Waals surface area contributed by atoms with Gasteiger partial charge in [0.15, 0.2) is 5.78 Å². The van der Waals surface area contributed by atoms with Gasteiger partial charge in [0.2, 0.25) is 0 Å². The zero-order valence-electron chi connectivity index (χ0n) is 7.79. The summed E-state index contributed by atoms with van der Waals surface area (Å²) in [7, 11) is 0. The molecule has 0 spiro atoms. The van der Waals surface area contributed by atoms with E-state index < -0.39 is 0 Å². The Hall–Kier alpha value is -1.12. The fourth-order valence-electron chi connectivity index (χ4n) is 1.25. The SMILES string of the molecule is CCC(=O)CC[C@@H]1C=COCC1=O. The first-order chi connectivity index (χ1) is 6.24. The number of rotatable bonds is 4. The number of carbonyl (C=O) groups excluding carboxylic acids is 2. The molecular weight excluding hydrogens is 168 g/mol. The standard InChI is InChI=1S/C10H14O3/c1-2-9(11)4-3-8-5-6-13-7-10(8)12/h5-6,8H,2-4,7H2,1H3/t8-/m1/s1. The van der Waals surface area contributed by atoms with Crippen LogP contribution in [0, 0.1) is 5.92 Å². The van der Waals surface area contributed by atoms with Gasteiger partial charge >= 0.3 is 0 Å². The molecule has 1 atom stereocenters. The molecule has 1 heterocycles. The number of allylic oxidation sites excluding steroid dienone is 1. The number of ketones is 2. The molecule has 0 amide bonds. The molecule has 0 aromatic rings. The highest BCUT2D eigenvalue weighted by molar-refractivity contribution is 5.85. The number of hydrogen-bond acceptors (Lipinski definition) is 3. The van der Waals surface area contributed by atoms with Crippen LogP contribution in [-0.2, 0) is 14.3 Å². The fourth-order valence-corrected chi connectivity index (χ4v) is 1.25. The van der Waals surface area contributed by atoms with Gasteiger partial charge in [-0.15, -0.1) is 0 Å². The summed E-state index contributed by atoms with van der Waals surface area (Å²) in [4.78, 5) is 22.2. The first-order valence-electron chi connectivity index (χ1n) is 4.56. The van der Waals surface area contributed by atoms with E-state index in [1.165, 1.54) is 0 Å². The Morgan fingerprint density at radius 1 is 1.69 bits per heavy atom. The molecule has 0 aromatic heterocycles. The second kappa shape index (κ2) is 4.80. The van der Waals surface area contributed by atoms with E-state index in [1.807, 2.05) is 6.92 Å². The van der Waals surface area contributed by atoms with Crippen LogP contribution in [0.5, 0.6) is 0 Å². The van der Waals surface area contributed by atoms with Gasteiger partial charge in [0.05, 0.1) is 6.26 Å². The van der Waals surface area contributed by atoms with Gasteiger partial charge in [0, 0.05) is 18.8 Å². The molecule has 3 heteroatoms. The molecule has 1 rings (SSSR count). The van der Waals surface area contributed by atoms with Crippen molar-refractivity contribution in [1.82, 2.24) is 0 Å². The minimum atomic E-state index is -0.107. The number of Topliss-reactive ketones (excluding diaryl/α,β-unsaturated/α-hetero) is 2. The van der Waals surface area contributed by atoms with Gasteiger partial charge in [-0.1, -0.05) is 6.92 Å². The van der Waals surface area contributed by atoms with Crippen molar-refractivity contribution >= 4 is 11.6 Å². The van der Waals surface area contributed by atoms with Gasteiger partial charge in [0.25, 0.3) is 0 Å². The maximum Gasteiger partial charge on any atom is 0.177 e. The van der Waals surface area contributed by atoms with E-state index in [1.54, 1.807) is 12.3 Å². The summed E-state index contributed by atoms with van der Waals surface area (Å²) >= 11 is 0. The Morgan fingerprint density at radius 3 is 3.08 bits per heavy atom. The van der Waals surface area contributed by atoms with Crippen LogP contribution in [0.15, 0.2) is 12.3 Å². The third kappa shape index (κ3) is 3.01. The molecule has 13 heavy (non-hydrogen) atoms. The summed E-state index contributed by atoms with van der Waals surface area (Å²) in [6, 6.07) is 0. The average Bonchev–Trinajstić information content (AvgIpc) is 2.16. The fraction of sp³-hybridized carbons (Fsp3) is 0.600. The number of hydrogen-bond donors (Lipinski definition) is 0. The highest BCUT2D eigenvalue weighted by Gasteiger charge is 2.19. The van der Waals surface area contributed by atoms with Crippen LogP contribution in [0.1, 0.15) is 26.2 Å². The van der Waals surface area contributed by atoms with Crippen LogP contribution < -0.4 is 0 Å². The molecular formula is C10H14O3. The molecule has 0 unspecified atom stereocenters. The van der Waals surface area contributed by atoms with Crippen LogP contribution >= 0.6 is 0 Å². The average molecular weight is 182 g/mol. The third-order valence-corrected chi connectivity index (χ3v) is 2.17. The van der Waals surface area contributed by atoms with Crippen molar-refractivity contribution in [2.75, 3.05) is 6.61 Å². The Balaban J connectivity index is 2.35. The zero-order valence-corrected chi connectivity index (χ0v) is 7.79. The van der Waals surface area contributed by atoms with E-state index in [9.17, 15) is 9.59 Å². The van der Waals surface area contributed by atoms with Crippen molar-refractivity contribution < 1.29 is 14.3 Å². The molecule has 0 aliphatic carbocycles. The van der Waals surface area contributed by atoms with Crippen molar-refractivity contribution in [1.29, 1.82) is 0 Å². The Morgan fingerprint density at radius 2 is 2.46 bits per heavy atom. The minimum Gasteiger partial charge on any atom is -0.494 e. The van der Waals surface area contributed by atoms with Gasteiger partial charge in [-0.05, 0) is 12.5 Å². The summed E-state index contributed by atoms with van der Waals surface area (Å²) in [6.45, 7) is 1.99. The molecule has 0 saturated carbocycles. The monoisotopic (exact) mass is 182 g/mol. The highest BCUT2D eigenvalue weighted by atomic mass is 16.5.